The summed E-state index contributed by atoms with van der Waals surface area (Å²) >= 11 is 3.39. The smallest absolute Gasteiger partial charge is 0.223 e. The molecule has 26 heavy (non-hydrogen) atoms. The first kappa shape index (κ1) is 17.4. The molecule has 1 aliphatic rings. The summed E-state index contributed by atoms with van der Waals surface area (Å²) in [6.45, 7) is 6.62. The maximum Gasteiger partial charge on any atom is 0.223 e. The highest BCUT2D eigenvalue weighted by Crippen LogP contribution is 2.35. The second-order valence-electron chi connectivity index (χ2n) is 6.77. The molecule has 0 aromatic carbocycles. The Morgan fingerprint density at radius 2 is 2.12 bits per heavy atom. The molecule has 0 saturated carbocycles. The van der Waals surface area contributed by atoms with E-state index in [1.54, 1.807) is 29.0 Å². The molecule has 5 nitrogen and oxygen atoms in total. The number of hydrogen-bond donors (Lipinski definition) is 1. The molecule has 0 unspecified atom stereocenters. The van der Waals surface area contributed by atoms with E-state index in [-0.39, 0.29) is 11.8 Å². The fraction of sp³-hybridized carbons (Fsp3) is 0.421. The lowest BCUT2D eigenvalue weighted by molar-refractivity contribution is -0.125. The predicted molar refractivity (Wildman–Crippen MR) is 108 cm³/mol. The summed E-state index contributed by atoms with van der Waals surface area (Å²) in [6, 6.07) is 2.05. The number of fused-ring (bicyclic) bond motifs is 1. The summed E-state index contributed by atoms with van der Waals surface area (Å²) < 4.78 is 0. The second-order valence-corrected chi connectivity index (χ2v) is 8.75. The number of nitrogens with zero attached hydrogens (tertiary/aromatic N) is 3. The third-order valence-corrected chi connectivity index (χ3v) is 7.00. The number of hydrogen-bond acceptors (Lipinski definition) is 6. The highest BCUT2D eigenvalue weighted by atomic mass is 32.1. The fourth-order valence-electron chi connectivity index (χ4n) is 3.48. The van der Waals surface area contributed by atoms with Gasteiger partial charge in [-0.2, -0.15) is 11.3 Å². The molecule has 4 rings (SSSR count). The van der Waals surface area contributed by atoms with Crippen LogP contribution in [-0.4, -0.2) is 29.0 Å². The lowest BCUT2D eigenvalue weighted by Gasteiger charge is -2.32. The molecule has 3 aromatic rings. The van der Waals surface area contributed by atoms with E-state index < -0.39 is 0 Å². The number of aromatic nitrogens is 2. The molecule has 1 aliphatic heterocycles. The lowest BCUT2D eigenvalue weighted by Crippen LogP contribution is -2.40. The van der Waals surface area contributed by atoms with Crippen molar-refractivity contribution in [2.45, 2.75) is 33.2 Å². The molecule has 0 radical (unpaired) electrons. The van der Waals surface area contributed by atoms with Crippen molar-refractivity contribution in [1.29, 1.82) is 0 Å². The minimum Gasteiger partial charge on any atom is -0.356 e. The van der Waals surface area contributed by atoms with Gasteiger partial charge >= 0.3 is 0 Å². The van der Waals surface area contributed by atoms with Gasteiger partial charge in [-0.3, -0.25) is 4.79 Å². The van der Waals surface area contributed by atoms with E-state index in [4.69, 9.17) is 0 Å². The van der Waals surface area contributed by atoms with Crippen LogP contribution in [0.4, 0.5) is 5.82 Å². The number of rotatable bonds is 4. The second kappa shape index (κ2) is 7.32. The Hall–Kier alpha value is -1.99. The standard InChI is InChI=1S/C19H22N4OS2/c1-12-13(2)26-19-16(12)17(21-11-22-19)23-6-3-15(4-7-23)18(24)20-9-14-5-8-25-10-14/h5,8,10-11,15H,3-4,6-7,9H2,1-2H3,(H,20,24). The van der Waals surface area contributed by atoms with Crippen LogP contribution in [0.1, 0.15) is 28.8 Å². The number of piperidine rings is 1. The fourth-order valence-corrected chi connectivity index (χ4v) is 5.14. The van der Waals surface area contributed by atoms with Gasteiger partial charge in [0.25, 0.3) is 0 Å². The highest BCUT2D eigenvalue weighted by Gasteiger charge is 2.27. The summed E-state index contributed by atoms with van der Waals surface area (Å²) in [6.07, 6.45) is 3.39. The number of aryl methyl sites for hydroxylation is 2. The van der Waals surface area contributed by atoms with Crippen LogP contribution in [0.25, 0.3) is 10.2 Å². The zero-order chi connectivity index (χ0) is 18.1. The van der Waals surface area contributed by atoms with Crippen molar-refractivity contribution < 1.29 is 4.79 Å². The number of carbonyl (C=O) groups is 1. The first-order chi connectivity index (χ1) is 12.6. The highest BCUT2D eigenvalue weighted by molar-refractivity contribution is 7.18. The van der Waals surface area contributed by atoms with Crippen LogP contribution >= 0.6 is 22.7 Å². The molecule has 0 bridgehead atoms. The molecule has 1 amide bonds. The molecule has 7 heteroatoms. The van der Waals surface area contributed by atoms with Gasteiger partial charge in [-0.05, 0) is 54.6 Å². The summed E-state index contributed by atoms with van der Waals surface area (Å²) in [7, 11) is 0. The SMILES string of the molecule is Cc1sc2ncnc(N3CCC(C(=O)NCc4ccsc4)CC3)c2c1C. The third kappa shape index (κ3) is 3.33. The van der Waals surface area contributed by atoms with Gasteiger partial charge < -0.3 is 10.2 Å². The summed E-state index contributed by atoms with van der Waals surface area (Å²) in [5, 5.41) is 8.37. The molecular formula is C19H22N4OS2. The zero-order valence-corrected chi connectivity index (χ0v) is 16.6. The van der Waals surface area contributed by atoms with Crippen LogP contribution in [0.15, 0.2) is 23.2 Å². The van der Waals surface area contributed by atoms with Crippen molar-refractivity contribution in [3.8, 4) is 0 Å². The normalized spacial score (nSPS) is 15.5. The minimum absolute atomic E-state index is 0.0903. The van der Waals surface area contributed by atoms with E-state index >= 15 is 0 Å². The average molecular weight is 387 g/mol. The Kier molecular flexibility index (Phi) is 4.91. The number of amides is 1. The molecular weight excluding hydrogens is 364 g/mol. The topological polar surface area (TPSA) is 58.1 Å². The van der Waals surface area contributed by atoms with Crippen molar-refractivity contribution in [3.05, 3.63) is 39.2 Å². The Bertz CT molecular complexity index is 911. The molecule has 1 fully saturated rings. The first-order valence-electron chi connectivity index (χ1n) is 8.88. The van der Waals surface area contributed by atoms with Gasteiger partial charge in [0.15, 0.2) is 0 Å². The van der Waals surface area contributed by atoms with E-state index in [9.17, 15) is 4.79 Å². The third-order valence-electron chi connectivity index (χ3n) is 5.16. The molecule has 0 spiro atoms. The van der Waals surface area contributed by atoms with E-state index in [0.29, 0.717) is 6.54 Å². The maximum absolute atomic E-state index is 12.5. The van der Waals surface area contributed by atoms with Gasteiger partial charge in [0.05, 0.1) is 5.39 Å². The Morgan fingerprint density at radius 3 is 2.85 bits per heavy atom. The number of carbonyl (C=O) groups excluding carboxylic acids is 1. The van der Waals surface area contributed by atoms with Crippen LogP contribution in [0.2, 0.25) is 0 Å². The van der Waals surface area contributed by atoms with Crippen LogP contribution in [0.5, 0.6) is 0 Å². The molecule has 4 heterocycles. The predicted octanol–water partition coefficient (Wildman–Crippen LogP) is 3.90. The molecule has 0 aliphatic carbocycles. The molecule has 1 saturated heterocycles. The monoisotopic (exact) mass is 386 g/mol. The lowest BCUT2D eigenvalue weighted by atomic mass is 9.95. The van der Waals surface area contributed by atoms with Gasteiger partial charge in [-0.25, -0.2) is 9.97 Å². The van der Waals surface area contributed by atoms with Gasteiger partial charge in [-0.1, -0.05) is 0 Å². The molecule has 0 atom stereocenters. The summed E-state index contributed by atoms with van der Waals surface area (Å²) in [5.74, 6) is 1.28. The number of nitrogens with one attached hydrogen (secondary N) is 1. The van der Waals surface area contributed by atoms with Gasteiger partial charge in [0.2, 0.25) is 5.91 Å². The molecule has 3 aromatic heterocycles. The summed E-state index contributed by atoms with van der Waals surface area (Å²) in [4.78, 5) is 26.1. The Balaban J connectivity index is 1.41. The Labute approximate surface area is 161 Å². The first-order valence-corrected chi connectivity index (χ1v) is 10.6. The molecule has 136 valence electrons. The zero-order valence-electron chi connectivity index (χ0n) is 15.0. The van der Waals surface area contributed by atoms with Gasteiger partial charge in [0.1, 0.15) is 17.0 Å². The van der Waals surface area contributed by atoms with E-state index in [1.165, 1.54) is 21.4 Å². The van der Waals surface area contributed by atoms with Crippen molar-refractivity contribution in [1.82, 2.24) is 15.3 Å². The number of anilines is 1. The van der Waals surface area contributed by atoms with Gasteiger partial charge in [0, 0.05) is 30.4 Å². The van der Waals surface area contributed by atoms with Gasteiger partial charge in [-0.15, -0.1) is 11.3 Å². The van der Waals surface area contributed by atoms with E-state index in [1.807, 2.05) is 5.38 Å². The largest absolute Gasteiger partial charge is 0.356 e. The van der Waals surface area contributed by atoms with Crippen molar-refractivity contribution >= 4 is 44.6 Å². The van der Waals surface area contributed by atoms with E-state index in [0.717, 1.165) is 36.6 Å². The van der Waals surface area contributed by atoms with Crippen molar-refractivity contribution in [2.24, 2.45) is 5.92 Å². The van der Waals surface area contributed by atoms with Crippen LogP contribution in [0, 0.1) is 19.8 Å². The van der Waals surface area contributed by atoms with Crippen LogP contribution in [-0.2, 0) is 11.3 Å². The van der Waals surface area contributed by atoms with Crippen LogP contribution in [0.3, 0.4) is 0 Å². The Morgan fingerprint density at radius 1 is 1.31 bits per heavy atom. The average Bonchev–Trinajstić information content (AvgIpc) is 3.28. The van der Waals surface area contributed by atoms with Crippen molar-refractivity contribution in [3.63, 3.8) is 0 Å². The molecule has 1 N–H and O–H groups in total. The van der Waals surface area contributed by atoms with Crippen molar-refractivity contribution in [2.75, 3.05) is 18.0 Å². The van der Waals surface area contributed by atoms with E-state index in [2.05, 4.69) is 45.5 Å². The number of thiophene rings is 2. The minimum atomic E-state index is 0.0903. The van der Waals surface area contributed by atoms with Crippen LogP contribution < -0.4 is 10.2 Å². The maximum atomic E-state index is 12.5. The quantitative estimate of drug-likeness (QED) is 0.739. The summed E-state index contributed by atoms with van der Waals surface area (Å²) in [5.41, 5.74) is 2.45.